The third kappa shape index (κ3) is 4.66. The van der Waals surface area contributed by atoms with Gasteiger partial charge in [0.2, 0.25) is 5.91 Å². The van der Waals surface area contributed by atoms with Gasteiger partial charge in [-0.2, -0.15) is 0 Å². The minimum absolute atomic E-state index is 0.0145. The first-order valence-electron chi connectivity index (χ1n) is 8.72. The molecule has 0 radical (unpaired) electrons. The Morgan fingerprint density at radius 3 is 2.83 bits per heavy atom. The summed E-state index contributed by atoms with van der Waals surface area (Å²) in [5.74, 6) is -0.915. The number of para-hydroxylation sites is 1. The van der Waals surface area contributed by atoms with Crippen LogP contribution >= 0.6 is 23.1 Å². The van der Waals surface area contributed by atoms with Gasteiger partial charge in [-0.25, -0.2) is 4.98 Å². The van der Waals surface area contributed by atoms with Crippen molar-refractivity contribution in [2.75, 3.05) is 24.8 Å². The number of hydrogen-bond donors (Lipinski definition) is 2. The highest BCUT2D eigenvalue weighted by Crippen LogP contribution is 2.25. The van der Waals surface area contributed by atoms with Gasteiger partial charge in [0, 0.05) is 7.11 Å². The molecule has 0 saturated heterocycles. The molecule has 0 aliphatic rings. The Labute approximate surface area is 175 Å². The quantitative estimate of drug-likeness (QED) is 0.417. The number of fused-ring (bicyclic) bond motifs is 1. The van der Waals surface area contributed by atoms with Crippen LogP contribution in [0.1, 0.15) is 23.3 Å². The minimum atomic E-state index is -0.604. The van der Waals surface area contributed by atoms with Crippen LogP contribution in [-0.4, -0.2) is 40.8 Å². The van der Waals surface area contributed by atoms with Crippen LogP contribution in [0, 0.1) is 0 Å². The Kier molecular flexibility index (Phi) is 6.68. The molecule has 10 heteroatoms. The van der Waals surface area contributed by atoms with Crippen LogP contribution in [0.5, 0.6) is 0 Å². The predicted molar refractivity (Wildman–Crippen MR) is 115 cm³/mol. The first kappa shape index (κ1) is 21.0. The number of carbonyl (C=O) groups is 2. The lowest BCUT2D eigenvalue weighted by Crippen LogP contribution is -2.29. The number of amides is 2. The maximum absolute atomic E-state index is 13.0. The first-order valence-corrected chi connectivity index (χ1v) is 10.6. The third-order valence-corrected chi connectivity index (χ3v) is 5.92. The van der Waals surface area contributed by atoms with Gasteiger partial charge in [0.05, 0.1) is 34.9 Å². The second-order valence-corrected chi connectivity index (χ2v) is 8.11. The molecule has 1 atom stereocenters. The molecule has 29 heavy (non-hydrogen) atoms. The van der Waals surface area contributed by atoms with Crippen LogP contribution in [0.4, 0.5) is 5.00 Å². The van der Waals surface area contributed by atoms with Gasteiger partial charge in [0.25, 0.3) is 11.5 Å². The lowest BCUT2D eigenvalue weighted by Gasteiger charge is -2.18. The van der Waals surface area contributed by atoms with Crippen LogP contribution in [0.15, 0.2) is 45.7 Å². The van der Waals surface area contributed by atoms with Crippen molar-refractivity contribution in [1.82, 2.24) is 9.55 Å². The van der Waals surface area contributed by atoms with Crippen LogP contribution < -0.4 is 16.6 Å². The molecule has 3 N–H and O–H groups in total. The number of carbonyl (C=O) groups excluding carboxylic acids is 2. The number of nitrogens with two attached hydrogens (primary N) is 1. The highest BCUT2D eigenvalue weighted by atomic mass is 32.2. The van der Waals surface area contributed by atoms with E-state index in [1.54, 1.807) is 47.4 Å². The van der Waals surface area contributed by atoms with Crippen molar-refractivity contribution < 1.29 is 14.3 Å². The van der Waals surface area contributed by atoms with Crippen LogP contribution in [0.2, 0.25) is 0 Å². The van der Waals surface area contributed by atoms with E-state index in [1.807, 2.05) is 6.92 Å². The summed E-state index contributed by atoms with van der Waals surface area (Å²) in [7, 11) is 1.56. The smallest absolute Gasteiger partial charge is 0.262 e. The molecule has 152 valence electrons. The molecular weight excluding hydrogens is 412 g/mol. The molecular formula is C19H20N4O4S2. The summed E-state index contributed by atoms with van der Waals surface area (Å²) < 4.78 is 6.74. The number of hydrogen-bond acceptors (Lipinski definition) is 7. The van der Waals surface area contributed by atoms with Gasteiger partial charge < -0.3 is 15.8 Å². The average Bonchev–Trinajstić information content (AvgIpc) is 3.15. The van der Waals surface area contributed by atoms with Crippen molar-refractivity contribution in [2.45, 2.75) is 18.1 Å². The molecule has 2 aromatic heterocycles. The van der Waals surface area contributed by atoms with E-state index in [-0.39, 0.29) is 28.8 Å². The van der Waals surface area contributed by atoms with Gasteiger partial charge in [-0.15, -0.1) is 11.3 Å². The number of nitrogens with zero attached hydrogens (tertiary/aromatic N) is 2. The van der Waals surface area contributed by atoms with E-state index in [4.69, 9.17) is 10.5 Å². The predicted octanol–water partition coefficient (Wildman–Crippen LogP) is 2.50. The molecule has 1 aromatic carbocycles. The fraction of sp³-hybridized carbons (Fsp3) is 0.263. The largest absolute Gasteiger partial charge is 0.383 e. The Balaban J connectivity index is 1.85. The molecule has 0 aliphatic heterocycles. The molecule has 0 aliphatic carbocycles. The molecule has 0 saturated carbocycles. The zero-order valence-electron chi connectivity index (χ0n) is 15.9. The number of anilines is 1. The molecule has 3 rings (SSSR count). The molecule has 0 fully saturated rings. The van der Waals surface area contributed by atoms with E-state index < -0.39 is 5.91 Å². The fourth-order valence-corrected chi connectivity index (χ4v) is 4.53. The van der Waals surface area contributed by atoms with Gasteiger partial charge in [0.1, 0.15) is 5.00 Å². The normalized spacial score (nSPS) is 12.1. The zero-order valence-corrected chi connectivity index (χ0v) is 17.5. The number of rotatable bonds is 8. The van der Waals surface area contributed by atoms with Crippen molar-refractivity contribution in [3.8, 4) is 0 Å². The highest BCUT2D eigenvalue weighted by Gasteiger charge is 2.18. The standard InChI is InChI=1S/C19H20N4O4S2/c1-11(9-27-2)23-18(26)12-5-3-4-6-14(12)21-19(23)29-10-15(24)22-17-13(16(20)25)7-8-28-17/h3-8,11H,9-10H2,1-2H3,(H2,20,25)(H,22,24)/t11-/m0/s1. The second kappa shape index (κ2) is 9.21. The molecule has 0 bridgehead atoms. The SMILES string of the molecule is COC[C@H](C)n1c(SCC(=O)Nc2sccc2C(N)=O)nc2ccccc2c1=O. The van der Waals surface area contributed by atoms with Crippen molar-refractivity contribution in [3.05, 3.63) is 51.6 Å². The number of thioether (sulfide) groups is 1. The molecule has 2 heterocycles. The van der Waals surface area contributed by atoms with E-state index >= 15 is 0 Å². The summed E-state index contributed by atoms with van der Waals surface area (Å²) in [5, 5.41) is 5.70. The Hall–Kier alpha value is -2.69. The first-order chi connectivity index (χ1) is 13.9. The average molecular weight is 433 g/mol. The van der Waals surface area contributed by atoms with Gasteiger partial charge in [-0.05, 0) is 30.5 Å². The molecule has 0 unspecified atom stereocenters. The Bertz CT molecular complexity index is 1110. The summed E-state index contributed by atoms with van der Waals surface area (Å²) in [4.78, 5) is 41.4. The minimum Gasteiger partial charge on any atom is -0.383 e. The number of nitrogens with one attached hydrogen (secondary N) is 1. The maximum Gasteiger partial charge on any atom is 0.262 e. The molecule has 0 spiro atoms. The number of benzene rings is 1. The lowest BCUT2D eigenvalue weighted by atomic mass is 10.2. The summed E-state index contributed by atoms with van der Waals surface area (Å²) >= 11 is 2.36. The molecule has 3 aromatic rings. The van der Waals surface area contributed by atoms with Crippen LogP contribution in [0.25, 0.3) is 10.9 Å². The van der Waals surface area contributed by atoms with Crippen molar-refractivity contribution >= 4 is 50.8 Å². The monoisotopic (exact) mass is 432 g/mol. The number of methoxy groups -OCH3 is 1. The van der Waals surface area contributed by atoms with Gasteiger partial charge >= 0.3 is 0 Å². The van der Waals surface area contributed by atoms with Crippen molar-refractivity contribution in [2.24, 2.45) is 5.73 Å². The Morgan fingerprint density at radius 2 is 2.10 bits per heavy atom. The van der Waals surface area contributed by atoms with Gasteiger partial charge in [0.15, 0.2) is 5.16 Å². The van der Waals surface area contributed by atoms with Gasteiger partial charge in [-0.1, -0.05) is 23.9 Å². The number of primary amides is 1. The topological polar surface area (TPSA) is 116 Å². The van der Waals surface area contributed by atoms with Crippen molar-refractivity contribution in [1.29, 1.82) is 0 Å². The Morgan fingerprint density at radius 1 is 1.34 bits per heavy atom. The highest BCUT2D eigenvalue weighted by molar-refractivity contribution is 7.99. The van der Waals surface area contributed by atoms with Crippen LogP contribution in [-0.2, 0) is 9.53 Å². The second-order valence-electron chi connectivity index (χ2n) is 6.26. The molecule has 2 amide bonds. The third-order valence-electron chi connectivity index (χ3n) is 4.14. The summed E-state index contributed by atoms with van der Waals surface area (Å²) in [6, 6.07) is 8.38. The van der Waals surface area contributed by atoms with E-state index in [0.29, 0.717) is 27.7 Å². The van der Waals surface area contributed by atoms with E-state index in [2.05, 4.69) is 10.3 Å². The number of ether oxygens (including phenoxy) is 1. The zero-order chi connectivity index (χ0) is 21.0. The van der Waals surface area contributed by atoms with E-state index in [0.717, 1.165) is 11.8 Å². The lowest BCUT2D eigenvalue weighted by molar-refractivity contribution is -0.113. The van der Waals surface area contributed by atoms with E-state index in [9.17, 15) is 14.4 Å². The fourth-order valence-electron chi connectivity index (χ4n) is 2.82. The van der Waals surface area contributed by atoms with E-state index in [1.165, 1.54) is 11.3 Å². The summed E-state index contributed by atoms with van der Waals surface area (Å²) in [6.45, 7) is 2.19. The molecule has 8 nitrogen and oxygen atoms in total. The van der Waals surface area contributed by atoms with Crippen molar-refractivity contribution in [3.63, 3.8) is 0 Å². The number of thiophene rings is 1. The van der Waals surface area contributed by atoms with Gasteiger partial charge in [-0.3, -0.25) is 19.0 Å². The summed E-state index contributed by atoms with van der Waals surface area (Å²) in [6.07, 6.45) is 0. The number of aromatic nitrogens is 2. The van der Waals surface area contributed by atoms with Crippen LogP contribution in [0.3, 0.4) is 0 Å². The summed E-state index contributed by atoms with van der Waals surface area (Å²) in [5.41, 5.74) is 5.95. The maximum atomic E-state index is 13.0.